The lowest BCUT2D eigenvalue weighted by atomic mass is 10.1. The third-order valence-corrected chi connectivity index (χ3v) is 4.86. The minimum absolute atomic E-state index is 0.265. The molecule has 2 aromatic carbocycles. The van der Waals surface area contributed by atoms with Crippen LogP contribution in [0, 0.1) is 0 Å². The molecule has 4 rings (SSSR count). The summed E-state index contributed by atoms with van der Waals surface area (Å²) in [5.74, 6) is 0.806. The van der Waals surface area contributed by atoms with Crippen molar-refractivity contribution < 1.29 is 0 Å². The fraction of sp³-hybridized carbons (Fsp3) is 0.182. The number of aromatic nitrogens is 2. The molecule has 1 heterocycles. The Kier molecular flexibility index (Phi) is 4.98. The number of halogens is 1. The molecule has 1 aliphatic carbocycles. The van der Waals surface area contributed by atoms with Crippen LogP contribution >= 0.6 is 11.6 Å². The molecule has 0 bridgehead atoms. The van der Waals surface area contributed by atoms with Crippen LogP contribution in [0.4, 0.5) is 11.5 Å². The number of fused-ring (bicyclic) bond motifs is 1. The van der Waals surface area contributed by atoms with Gasteiger partial charge in [-0.1, -0.05) is 48.6 Å². The van der Waals surface area contributed by atoms with Gasteiger partial charge < -0.3 is 4.90 Å². The summed E-state index contributed by atoms with van der Waals surface area (Å²) in [4.78, 5) is 10.6. The van der Waals surface area contributed by atoms with E-state index in [0.29, 0.717) is 6.54 Å². The van der Waals surface area contributed by atoms with Crippen molar-refractivity contribution in [1.82, 2.24) is 9.97 Å². The smallest absolute Gasteiger partial charge is 0.224 e. The van der Waals surface area contributed by atoms with Gasteiger partial charge in [0.15, 0.2) is 0 Å². The second-order valence-corrected chi connectivity index (χ2v) is 6.75. The van der Waals surface area contributed by atoms with E-state index in [1.165, 1.54) is 29.5 Å². The van der Waals surface area contributed by atoms with Crippen LogP contribution in [0.25, 0.3) is 6.08 Å². The van der Waals surface area contributed by atoms with Crippen molar-refractivity contribution in [2.75, 3.05) is 11.4 Å². The normalized spacial score (nSPS) is 13.1. The Bertz CT molecular complexity index is 922. The average Bonchev–Trinajstić information content (AvgIpc) is 3.14. The van der Waals surface area contributed by atoms with Crippen LogP contribution in [0.5, 0.6) is 0 Å². The Morgan fingerprint density at radius 3 is 2.69 bits per heavy atom. The number of benzene rings is 2. The molecule has 0 aliphatic heterocycles. The van der Waals surface area contributed by atoms with E-state index < -0.39 is 0 Å². The van der Waals surface area contributed by atoms with E-state index in [9.17, 15) is 0 Å². The molecule has 0 fully saturated rings. The van der Waals surface area contributed by atoms with Crippen molar-refractivity contribution in [3.8, 4) is 0 Å². The maximum Gasteiger partial charge on any atom is 0.224 e. The van der Waals surface area contributed by atoms with E-state index in [1.807, 2.05) is 24.3 Å². The number of nitrogens with zero attached hydrogens (tertiary/aromatic N) is 3. The van der Waals surface area contributed by atoms with Gasteiger partial charge in [-0.25, -0.2) is 9.97 Å². The van der Waals surface area contributed by atoms with E-state index in [-0.39, 0.29) is 5.28 Å². The molecule has 1 aromatic heterocycles. The van der Waals surface area contributed by atoms with Crippen LogP contribution in [-0.2, 0) is 12.8 Å². The predicted octanol–water partition coefficient (Wildman–Crippen LogP) is 5.47. The lowest BCUT2D eigenvalue weighted by Gasteiger charge is -2.23. The number of rotatable bonds is 5. The molecule has 0 amide bonds. The molecule has 0 radical (unpaired) electrons. The van der Waals surface area contributed by atoms with Crippen molar-refractivity contribution in [1.29, 1.82) is 0 Å². The zero-order chi connectivity index (χ0) is 17.8. The van der Waals surface area contributed by atoms with E-state index >= 15 is 0 Å². The highest BCUT2D eigenvalue weighted by Gasteiger charge is 2.15. The average molecular weight is 362 g/mol. The lowest BCUT2D eigenvalue weighted by Crippen LogP contribution is -2.18. The molecule has 26 heavy (non-hydrogen) atoms. The molecule has 4 heteroatoms. The van der Waals surface area contributed by atoms with Crippen molar-refractivity contribution in [2.45, 2.75) is 19.3 Å². The molecule has 3 nitrogen and oxygen atoms in total. The second-order valence-electron chi connectivity index (χ2n) is 6.41. The summed E-state index contributed by atoms with van der Waals surface area (Å²) in [6.07, 6.45) is 9.56. The molecular formula is C22H20ClN3. The summed E-state index contributed by atoms with van der Waals surface area (Å²) < 4.78 is 0. The van der Waals surface area contributed by atoms with Crippen LogP contribution in [0.15, 0.2) is 66.9 Å². The highest BCUT2D eigenvalue weighted by molar-refractivity contribution is 6.28. The molecular weight excluding hydrogens is 342 g/mol. The van der Waals surface area contributed by atoms with E-state index in [0.717, 1.165) is 17.9 Å². The van der Waals surface area contributed by atoms with E-state index in [4.69, 9.17) is 11.6 Å². The number of anilines is 2. The van der Waals surface area contributed by atoms with Gasteiger partial charge in [-0.3, -0.25) is 0 Å². The number of hydrogen-bond donors (Lipinski definition) is 0. The summed E-state index contributed by atoms with van der Waals surface area (Å²) in [6, 6.07) is 18.9. The maximum atomic E-state index is 6.03. The zero-order valence-electron chi connectivity index (χ0n) is 14.5. The standard InChI is InChI=1S/C22H20ClN3/c23-22-24-14-13-21(25-22)26(15-5-8-17-6-2-1-3-7-17)20-12-11-18-9-4-10-19(18)16-20/h1-3,5-8,11-14,16H,4,9-10,15H2. The molecule has 0 spiro atoms. The van der Waals surface area contributed by atoms with Crippen LogP contribution in [0.2, 0.25) is 5.28 Å². The van der Waals surface area contributed by atoms with Crippen molar-refractivity contribution in [3.05, 3.63) is 88.8 Å². The van der Waals surface area contributed by atoms with Crippen molar-refractivity contribution in [3.63, 3.8) is 0 Å². The van der Waals surface area contributed by atoms with Gasteiger partial charge in [0, 0.05) is 18.4 Å². The Balaban J connectivity index is 1.64. The highest BCUT2D eigenvalue weighted by Crippen LogP contribution is 2.30. The van der Waals surface area contributed by atoms with E-state index in [1.54, 1.807) is 6.20 Å². The zero-order valence-corrected chi connectivity index (χ0v) is 15.2. The quantitative estimate of drug-likeness (QED) is 0.564. The lowest BCUT2D eigenvalue weighted by molar-refractivity contribution is 0.911. The topological polar surface area (TPSA) is 29.0 Å². The van der Waals surface area contributed by atoms with Crippen molar-refractivity contribution in [2.24, 2.45) is 0 Å². The van der Waals surface area contributed by atoms with Crippen LogP contribution in [0.1, 0.15) is 23.1 Å². The first-order valence-corrected chi connectivity index (χ1v) is 9.27. The van der Waals surface area contributed by atoms with Crippen LogP contribution in [0.3, 0.4) is 0 Å². The van der Waals surface area contributed by atoms with Crippen molar-refractivity contribution >= 4 is 29.2 Å². The van der Waals surface area contributed by atoms with Gasteiger partial charge in [-0.2, -0.15) is 0 Å². The van der Waals surface area contributed by atoms with Crippen LogP contribution < -0.4 is 4.90 Å². The molecule has 0 atom stereocenters. The van der Waals surface area contributed by atoms with Gasteiger partial charge >= 0.3 is 0 Å². The third kappa shape index (κ3) is 3.78. The highest BCUT2D eigenvalue weighted by atomic mass is 35.5. The number of aryl methyl sites for hydroxylation is 2. The number of hydrogen-bond acceptors (Lipinski definition) is 3. The summed E-state index contributed by atoms with van der Waals surface area (Å²) >= 11 is 6.03. The predicted molar refractivity (Wildman–Crippen MR) is 108 cm³/mol. The Morgan fingerprint density at radius 1 is 1.00 bits per heavy atom. The SMILES string of the molecule is Clc1nccc(N(CC=Cc2ccccc2)c2ccc3c(c2)CCC3)n1. The van der Waals surface area contributed by atoms with Gasteiger partial charge in [-0.15, -0.1) is 0 Å². The molecule has 0 saturated carbocycles. The molecule has 0 N–H and O–H groups in total. The maximum absolute atomic E-state index is 6.03. The van der Waals surface area contributed by atoms with Gasteiger partial charge in [-0.05, 0) is 65.8 Å². The van der Waals surface area contributed by atoms with Gasteiger partial charge in [0.25, 0.3) is 0 Å². The van der Waals surface area contributed by atoms with Gasteiger partial charge in [0.2, 0.25) is 5.28 Å². The Morgan fingerprint density at radius 2 is 1.85 bits per heavy atom. The van der Waals surface area contributed by atoms with Gasteiger partial charge in [0.1, 0.15) is 5.82 Å². The largest absolute Gasteiger partial charge is 0.322 e. The molecule has 130 valence electrons. The van der Waals surface area contributed by atoms with Crippen LogP contribution in [-0.4, -0.2) is 16.5 Å². The fourth-order valence-corrected chi connectivity index (χ4v) is 3.54. The van der Waals surface area contributed by atoms with E-state index in [2.05, 4.69) is 57.4 Å². The third-order valence-electron chi connectivity index (χ3n) is 4.68. The first kappa shape index (κ1) is 16.8. The Hall–Kier alpha value is -2.65. The van der Waals surface area contributed by atoms with Gasteiger partial charge in [0.05, 0.1) is 0 Å². The summed E-state index contributed by atoms with van der Waals surface area (Å²) in [5.41, 5.74) is 5.23. The summed E-state index contributed by atoms with van der Waals surface area (Å²) in [6.45, 7) is 0.709. The molecule has 0 unspecified atom stereocenters. The molecule has 3 aromatic rings. The Labute approximate surface area is 159 Å². The summed E-state index contributed by atoms with van der Waals surface area (Å²) in [5, 5.41) is 0.265. The molecule has 1 aliphatic rings. The first-order valence-electron chi connectivity index (χ1n) is 8.89. The fourth-order valence-electron chi connectivity index (χ4n) is 3.39. The minimum Gasteiger partial charge on any atom is -0.322 e. The monoisotopic (exact) mass is 361 g/mol. The minimum atomic E-state index is 0.265. The second kappa shape index (κ2) is 7.71. The first-order chi connectivity index (χ1) is 12.8. The summed E-state index contributed by atoms with van der Waals surface area (Å²) in [7, 11) is 0. The molecule has 0 saturated heterocycles.